The molecular weight excluding hydrogens is 308 g/mol. The van der Waals surface area contributed by atoms with Crippen molar-refractivity contribution in [1.82, 2.24) is 4.90 Å². The van der Waals surface area contributed by atoms with E-state index in [-0.39, 0.29) is 16.5 Å². The Balaban J connectivity index is 3.09. The van der Waals surface area contributed by atoms with E-state index in [4.69, 9.17) is 11.6 Å². The minimum atomic E-state index is -0.670. The van der Waals surface area contributed by atoms with E-state index < -0.39 is 11.4 Å². The Morgan fingerprint density at radius 2 is 2.12 bits per heavy atom. The maximum atomic E-state index is 13.7. The molecule has 1 rings (SSSR count). The van der Waals surface area contributed by atoms with Gasteiger partial charge in [-0.1, -0.05) is 33.6 Å². The third kappa shape index (κ3) is 2.99. The molecule has 0 saturated heterocycles. The van der Waals surface area contributed by atoms with Gasteiger partial charge >= 0.3 is 0 Å². The third-order valence-electron chi connectivity index (χ3n) is 2.72. The molecule has 1 aromatic rings. The summed E-state index contributed by atoms with van der Waals surface area (Å²) in [6.45, 7) is 3.78. The van der Waals surface area contributed by atoms with E-state index in [0.29, 0.717) is 5.33 Å². The van der Waals surface area contributed by atoms with Gasteiger partial charge in [-0.25, -0.2) is 4.39 Å². The maximum absolute atomic E-state index is 13.7. The van der Waals surface area contributed by atoms with Crippen molar-refractivity contribution in [2.75, 3.05) is 12.4 Å². The van der Waals surface area contributed by atoms with Crippen molar-refractivity contribution < 1.29 is 9.18 Å². The molecule has 0 aliphatic carbocycles. The molecule has 0 aromatic heterocycles. The van der Waals surface area contributed by atoms with Crippen molar-refractivity contribution in [3.05, 3.63) is 34.6 Å². The average molecular weight is 323 g/mol. The highest BCUT2D eigenvalue weighted by Gasteiger charge is 2.29. The molecule has 0 saturated carbocycles. The van der Waals surface area contributed by atoms with Gasteiger partial charge in [-0.2, -0.15) is 0 Å². The summed E-state index contributed by atoms with van der Waals surface area (Å²) in [5, 5.41) is 0.561. The van der Waals surface area contributed by atoms with Gasteiger partial charge in [0.25, 0.3) is 5.91 Å². The lowest BCUT2D eigenvalue weighted by molar-refractivity contribution is 0.0659. The van der Waals surface area contributed by atoms with Crippen LogP contribution < -0.4 is 0 Å². The van der Waals surface area contributed by atoms with Gasteiger partial charge in [0.15, 0.2) is 5.82 Å². The minimum Gasteiger partial charge on any atom is -0.336 e. The van der Waals surface area contributed by atoms with Gasteiger partial charge in [0.05, 0.1) is 10.6 Å². The Bertz CT molecular complexity index is 437. The fraction of sp³-hybridized carbons (Fsp3) is 0.417. The number of benzene rings is 1. The first-order valence-corrected chi connectivity index (χ1v) is 6.59. The molecule has 2 nitrogen and oxygen atoms in total. The van der Waals surface area contributed by atoms with Crippen LogP contribution in [0.4, 0.5) is 4.39 Å². The zero-order chi connectivity index (χ0) is 13.2. The first kappa shape index (κ1) is 14.5. The highest BCUT2D eigenvalue weighted by atomic mass is 79.9. The van der Waals surface area contributed by atoms with Crippen LogP contribution in [0.1, 0.15) is 24.2 Å². The number of carbonyl (C=O) groups is 1. The number of amides is 1. The highest BCUT2D eigenvalue weighted by Crippen LogP contribution is 2.23. The Hall–Kier alpha value is -0.610. The first-order chi connectivity index (χ1) is 7.81. The van der Waals surface area contributed by atoms with E-state index in [1.54, 1.807) is 13.1 Å². The Kier molecular flexibility index (Phi) is 4.55. The number of nitrogens with zero attached hydrogens (tertiary/aromatic N) is 1. The Labute approximate surface area is 114 Å². The maximum Gasteiger partial charge on any atom is 0.257 e. The van der Waals surface area contributed by atoms with Crippen LogP contribution in [0.25, 0.3) is 0 Å². The van der Waals surface area contributed by atoms with E-state index in [1.807, 2.05) is 13.8 Å². The Morgan fingerprint density at radius 3 is 2.65 bits per heavy atom. The smallest absolute Gasteiger partial charge is 0.257 e. The lowest BCUT2D eigenvalue weighted by atomic mass is 10.0. The van der Waals surface area contributed by atoms with Gasteiger partial charge in [-0.3, -0.25) is 4.79 Å². The lowest BCUT2D eigenvalue weighted by Crippen LogP contribution is -2.46. The molecule has 0 bridgehead atoms. The molecule has 0 aliphatic rings. The molecule has 0 N–H and O–H groups in total. The minimum absolute atomic E-state index is 0.00553. The summed E-state index contributed by atoms with van der Waals surface area (Å²) in [7, 11) is 1.64. The number of alkyl halides is 1. The molecule has 0 heterocycles. The zero-order valence-corrected chi connectivity index (χ0v) is 12.3. The topological polar surface area (TPSA) is 20.3 Å². The molecular formula is C12H14BrClFNO. The van der Waals surface area contributed by atoms with Crippen LogP contribution in [0.2, 0.25) is 5.02 Å². The van der Waals surface area contributed by atoms with Crippen molar-refractivity contribution in [3.8, 4) is 0 Å². The average Bonchev–Trinajstić information content (AvgIpc) is 2.30. The first-order valence-electron chi connectivity index (χ1n) is 5.09. The summed E-state index contributed by atoms with van der Waals surface area (Å²) in [5.74, 6) is -1.05. The molecule has 94 valence electrons. The van der Waals surface area contributed by atoms with Crippen LogP contribution in [-0.2, 0) is 0 Å². The van der Waals surface area contributed by atoms with E-state index in [0.717, 1.165) is 0 Å². The van der Waals surface area contributed by atoms with Crippen molar-refractivity contribution in [1.29, 1.82) is 0 Å². The quantitative estimate of drug-likeness (QED) is 0.777. The molecule has 1 amide bonds. The summed E-state index contributed by atoms with van der Waals surface area (Å²) < 4.78 is 13.7. The number of hydrogen-bond donors (Lipinski definition) is 0. The highest BCUT2D eigenvalue weighted by molar-refractivity contribution is 9.09. The van der Waals surface area contributed by atoms with Gasteiger partial charge in [-0.05, 0) is 26.0 Å². The van der Waals surface area contributed by atoms with E-state index in [9.17, 15) is 9.18 Å². The van der Waals surface area contributed by atoms with Crippen LogP contribution in [0.15, 0.2) is 18.2 Å². The molecule has 0 aliphatic heterocycles. The second-order valence-corrected chi connectivity index (χ2v) is 5.38. The van der Waals surface area contributed by atoms with Gasteiger partial charge in [-0.15, -0.1) is 0 Å². The summed E-state index contributed by atoms with van der Waals surface area (Å²) >= 11 is 8.99. The summed E-state index contributed by atoms with van der Waals surface area (Å²) in [5.41, 5.74) is -0.403. The number of halogens is 3. The molecule has 0 spiro atoms. The van der Waals surface area contributed by atoms with E-state index in [1.165, 1.54) is 17.0 Å². The summed E-state index contributed by atoms with van der Waals surface area (Å²) in [6, 6.07) is 4.42. The second-order valence-electron chi connectivity index (χ2n) is 4.41. The number of hydrogen-bond acceptors (Lipinski definition) is 1. The summed E-state index contributed by atoms with van der Waals surface area (Å²) in [4.78, 5) is 13.6. The van der Waals surface area contributed by atoms with E-state index in [2.05, 4.69) is 15.9 Å². The number of rotatable bonds is 3. The van der Waals surface area contributed by atoms with Gasteiger partial charge in [0.1, 0.15) is 0 Å². The number of carbonyl (C=O) groups excluding carboxylic acids is 1. The van der Waals surface area contributed by atoms with Crippen molar-refractivity contribution in [2.24, 2.45) is 0 Å². The fourth-order valence-corrected chi connectivity index (χ4v) is 1.76. The molecule has 1 aromatic carbocycles. The van der Waals surface area contributed by atoms with Gasteiger partial charge < -0.3 is 4.90 Å². The second kappa shape index (κ2) is 5.36. The normalized spacial score (nSPS) is 11.4. The van der Waals surface area contributed by atoms with Crippen molar-refractivity contribution in [2.45, 2.75) is 19.4 Å². The SMILES string of the molecule is CN(C(=O)c1cccc(Cl)c1F)C(C)(C)CBr. The third-order valence-corrected chi connectivity index (χ3v) is 4.39. The fourth-order valence-electron chi connectivity index (χ4n) is 1.21. The standard InChI is InChI=1S/C12H14BrClFNO/c1-12(2,7-13)16(3)11(17)8-5-4-6-9(14)10(8)15/h4-6H,7H2,1-3H3. The summed E-state index contributed by atoms with van der Waals surface area (Å²) in [6.07, 6.45) is 0. The van der Waals surface area contributed by atoms with Crippen molar-refractivity contribution >= 4 is 33.4 Å². The molecule has 0 unspecified atom stereocenters. The van der Waals surface area contributed by atoms with E-state index >= 15 is 0 Å². The monoisotopic (exact) mass is 321 g/mol. The predicted molar refractivity (Wildman–Crippen MR) is 71.4 cm³/mol. The van der Waals surface area contributed by atoms with Gasteiger partial charge in [0, 0.05) is 17.9 Å². The van der Waals surface area contributed by atoms with Crippen LogP contribution in [-0.4, -0.2) is 28.7 Å². The van der Waals surface area contributed by atoms with Crippen LogP contribution in [0, 0.1) is 5.82 Å². The van der Waals surface area contributed by atoms with Crippen LogP contribution in [0.5, 0.6) is 0 Å². The van der Waals surface area contributed by atoms with Crippen LogP contribution in [0.3, 0.4) is 0 Å². The zero-order valence-electron chi connectivity index (χ0n) is 9.93. The molecule has 0 atom stereocenters. The predicted octanol–water partition coefficient (Wildman–Crippen LogP) is 3.72. The largest absolute Gasteiger partial charge is 0.336 e. The lowest BCUT2D eigenvalue weighted by Gasteiger charge is -2.34. The molecule has 0 fully saturated rings. The molecule has 17 heavy (non-hydrogen) atoms. The Morgan fingerprint density at radius 1 is 1.53 bits per heavy atom. The van der Waals surface area contributed by atoms with Crippen LogP contribution >= 0.6 is 27.5 Å². The van der Waals surface area contributed by atoms with Gasteiger partial charge in [0.2, 0.25) is 0 Å². The molecule has 5 heteroatoms. The molecule has 0 radical (unpaired) electrons. The van der Waals surface area contributed by atoms with Crippen molar-refractivity contribution in [3.63, 3.8) is 0 Å².